The molecule has 1 aromatic carbocycles. The number of aromatic nitrogens is 2. The summed E-state index contributed by atoms with van der Waals surface area (Å²) in [5.41, 5.74) is 1.85. The summed E-state index contributed by atoms with van der Waals surface area (Å²) in [6.45, 7) is 9.76. The maximum atomic E-state index is 13.9. The number of aliphatic hydroxyl groups is 1. The van der Waals surface area contributed by atoms with Gasteiger partial charge in [-0.2, -0.15) is 0 Å². The monoisotopic (exact) mass is 502 g/mol. The summed E-state index contributed by atoms with van der Waals surface area (Å²) in [6.07, 6.45) is 2.27. The van der Waals surface area contributed by atoms with Crippen molar-refractivity contribution in [3.63, 3.8) is 0 Å². The number of amides is 1. The molecule has 0 saturated carbocycles. The van der Waals surface area contributed by atoms with Crippen LogP contribution in [0.5, 0.6) is 0 Å². The van der Waals surface area contributed by atoms with Gasteiger partial charge in [-0.15, -0.1) is 24.8 Å². The first-order chi connectivity index (χ1) is 14.9. The largest absolute Gasteiger partial charge is 0.393 e. The van der Waals surface area contributed by atoms with Crippen molar-refractivity contribution in [2.24, 2.45) is 11.8 Å². The highest BCUT2D eigenvalue weighted by molar-refractivity contribution is 5.95. The van der Waals surface area contributed by atoms with E-state index in [9.17, 15) is 9.90 Å². The third-order valence-electron chi connectivity index (χ3n) is 6.13. The van der Waals surface area contributed by atoms with Gasteiger partial charge < -0.3 is 24.6 Å². The van der Waals surface area contributed by atoms with Gasteiger partial charge in [0.1, 0.15) is 0 Å². The van der Waals surface area contributed by atoms with Gasteiger partial charge in [-0.3, -0.25) is 4.79 Å². The lowest BCUT2D eigenvalue weighted by Gasteiger charge is -2.39. The molecular weight excluding hydrogens is 463 g/mol. The van der Waals surface area contributed by atoms with Crippen LogP contribution < -0.4 is 5.32 Å². The van der Waals surface area contributed by atoms with E-state index in [1.54, 1.807) is 7.11 Å². The van der Waals surface area contributed by atoms with Crippen LogP contribution in [-0.2, 0) is 11.3 Å². The van der Waals surface area contributed by atoms with Gasteiger partial charge in [0.2, 0.25) is 0 Å². The highest BCUT2D eigenvalue weighted by Gasteiger charge is 2.34. The molecule has 3 rings (SSSR count). The normalized spacial score (nSPS) is 19.1. The molecule has 1 aliphatic heterocycles. The number of rotatable bonds is 10. The van der Waals surface area contributed by atoms with Crippen LogP contribution in [0.15, 0.2) is 24.3 Å². The molecule has 0 radical (unpaired) electrons. The molecule has 33 heavy (non-hydrogen) atoms. The molecule has 1 amide bonds. The number of hydrogen-bond donors (Lipinski definition) is 2. The number of methoxy groups -OCH3 is 1. The van der Waals surface area contributed by atoms with E-state index in [2.05, 4.69) is 23.7 Å². The second-order valence-corrected chi connectivity index (χ2v) is 9.18. The van der Waals surface area contributed by atoms with Crippen LogP contribution in [-0.4, -0.2) is 71.0 Å². The van der Waals surface area contributed by atoms with Crippen LogP contribution in [0.2, 0.25) is 0 Å². The predicted octanol–water partition coefficient (Wildman–Crippen LogP) is 3.76. The number of halogens is 2. The Kier molecular flexibility index (Phi) is 12.7. The molecule has 1 aromatic heterocycles. The molecule has 0 bridgehead atoms. The van der Waals surface area contributed by atoms with Gasteiger partial charge >= 0.3 is 0 Å². The smallest absolute Gasteiger partial charge is 0.290 e. The molecule has 2 N–H and O–H groups in total. The first kappa shape index (κ1) is 29.7. The average molecular weight is 504 g/mol. The third kappa shape index (κ3) is 7.55. The topological polar surface area (TPSA) is 79.6 Å². The van der Waals surface area contributed by atoms with E-state index in [-0.39, 0.29) is 42.7 Å². The number of nitrogens with zero attached hydrogens (tertiary/aromatic N) is 3. The first-order valence-corrected chi connectivity index (χ1v) is 11.6. The number of carbonyl (C=O) groups is 1. The number of imidazole rings is 1. The minimum atomic E-state index is -0.392. The van der Waals surface area contributed by atoms with E-state index >= 15 is 0 Å². The summed E-state index contributed by atoms with van der Waals surface area (Å²) < 4.78 is 7.26. The molecular formula is C24H40Cl2N4O3. The number of ether oxygens (including phenoxy) is 1. The van der Waals surface area contributed by atoms with Crippen molar-refractivity contribution in [3.8, 4) is 0 Å². The highest BCUT2D eigenvalue weighted by atomic mass is 35.5. The number of benzene rings is 1. The summed E-state index contributed by atoms with van der Waals surface area (Å²) >= 11 is 0. The molecule has 9 heteroatoms. The van der Waals surface area contributed by atoms with Gasteiger partial charge in [-0.1, -0.05) is 26.0 Å². The minimum Gasteiger partial charge on any atom is -0.393 e. The van der Waals surface area contributed by atoms with Crippen molar-refractivity contribution in [1.82, 2.24) is 19.8 Å². The van der Waals surface area contributed by atoms with E-state index in [1.807, 2.05) is 36.1 Å². The van der Waals surface area contributed by atoms with Gasteiger partial charge in [0.15, 0.2) is 5.82 Å². The zero-order valence-corrected chi connectivity index (χ0v) is 21.8. The summed E-state index contributed by atoms with van der Waals surface area (Å²) in [6, 6.07) is 8.01. The van der Waals surface area contributed by atoms with Crippen molar-refractivity contribution >= 4 is 41.8 Å². The predicted molar refractivity (Wildman–Crippen MR) is 138 cm³/mol. The van der Waals surface area contributed by atoms with Crippen molar-refractivity contribution in [3.05, 3.63) is 30.1 Å². The number of aliphatic hydroxyl groups excluding tert-OH is 1. The fraction of sp³-hybridized carbons (Fsp3) is 0.667. The summed E-state index contributed by atoms with van der Waals surface area (Å²) in [7, 11) is 1.71. The van der Waals surface area contributed by atoms with Crippen molar-refractivity contribution in [2.45, 2.75) is 58.7 Å². The minimum absolute atomic E-state index is 0. The number of nitrogens with one attached hydrogen (secondary N) is 1. The lowest BCUT2D eigenvalue weighted by Crippen LogP contribution is -2.54. The third-order valence-corrected chi connectivity index (χ3v) is 6.13. The fourth-order valence-electron chi connectivity index (χ4n) is 4.46. The second kappa shape index (κ2) is 14.1. The molecule has 3 atom stereocenters. The van der Waals surface area contributed by atoms with Gasteiger partial charge in [0.05, 0.1) is 17.1 Å². The van der Waals surface area contributed by atoms with E-state index < -0.39 is 6.10 Å². The van der Waals surface area contributed by atoms with Crippen LogP contribution in [0.1, 0.15) is 50.7 Å². The molecule has 2 heterocycles. The average Bonchev–Trinajstić information content (AvgIpc) is 3.13. The van der Waals surface area contributed by atoms with Crippen LogP contribution in [0.3, 0.4) is 0 Å². The molecule has 1 saturated heterocycles. The maximum Gasteiger partial charge on any atom is 0.290 e. The number of hydrogen-bond acceptors (Lipinski definition) is 5. The number of piperidine rings is 1. The molecule has 188 valence electrons. The summed E-state index contributed by atoms with van der Waals surface area (Å²) in [5, 5.41) is 13.5. The van der Waals surface area contributed by atoms with Gasteiger partial charge in [-0.25, -0.2) is 4.98 Å². The Morgan fingerprint density at radius 1 is 1.24 bits per heavy atom. The zero-order chi connectivity index (χ0) is 22.4. The van der Waals surface area contributed by atoms with Gasteiger partial charge in [0.25, 0.3) is 5.91 Å². The number of carbonyl (C=O) groups excluding carboxylic acids is 1. The molecule has 7 nitrogen and oxygen atoms in total. The van der Waals surface area contributed by atoms with E-state index in [1.165, 1.54) is 0 Å². The van der Waals surface area contributed by atoms with E-state index in [0.717, 1.165) is 49.9 Å². The Balaban J connectivity index is 0.00000272. The molecule has 0 spiro atoms. The Hall–Kier alpha value is -1.38. The van der Waals surface area contributed by atoms with Crippen LogP contribution in [0.4, 0.5) is 0 Å². The van der Waals surface area contributed by atoms with Crippen molar-refractivity contribution < 1.29 is 14.6 Å². The zero-order valence-electron chi connectivity index (χ0n) is 20.2. The Morgan fingerprint density at radius 3 is 2.64 bits per heavy atom. The lowest BCUT2D eigenvalue weighted by atomic mass is 9.90. The Labute approximate surface area is 210 Å². The van der Waals surface area contributed by atoms with Gasteiger partial charge in [0, 0.05) is 45.9 Å². The molecule has 1 unspecified atom stereocenters. The van der Waals surface area contributed by atoms with E-state index in [0.29, 0.717) is 24.9 Å². The quantitative estimate of drug-likeness (QED) is 0.483. The molecule has 2 aromatic rings. The Morgan fingerprint density at radius 2 is 1.97 bits per heavy atom. The summed E-state index contributed by atoms with van der Waals surface area (Å²) in [5.74, 6) is 0.984. The fourth-order valence-corrected chi connectivity index (χ4v) is 4.46. The first-order valence-electron chi connectivity index (χ1n) is 11.6. The SMILES string of the molecule is COCCCCn1c(C(=O)N(CC(C)C)[C@@H]2CNC[C@H](C(C)O)C2)nc2ccccc21.Cl.Cl. The van der Waals surface area contributed by atoms with Crippen molar-refractivity contribution in [2.75, 3.05) is 33.4 Å². The standard InChI is InChI=1S/C24H38N4O3.2ClH/c1-17(2)16-28(20-13-19(18(3)29)14-25-15-20)24(30)23-26-21-9-5-6-10-22(21)27(23)11-7-8-12-31-4;;/h5-6,9-10,17-20,25,29H,7-8,11-16H2,1-4H3;2*1H/t18?,19-,20+;;/m1../s1. The van der Waals surface area contributed by atoms with Crippen molar-refractivity contribution in [1.29, 1.82) is 0 Å². The van der Waals surface area contributed by atoms with Gasteiger partial charge in [-0.05, 0) is 50.2 Å². The molecule has 1 fully saturated rings. The molecule has 1 aliphatic rings. The molecule has 0 aliphatic carbocycles. The number of unbranched alkanes of at least 4 members (excludes halogenated alkanes) is 1. The number of fused-ring (bicyclic) bond motifs is 1. The lowest BCUT2D eigenvalue weighted by molar-refractivity contribution is 0.0435. The highest BCUT2D eigenvalue weighted by Crippen LogP contribution is 2.24. The second-order valence-electron chi connectivity index (χ2n) is 9.18. The van der Waals surface area contributed by atoms with Crippen LogP contribution in [0, 0.1) is 11.8 Å². The Bertz CT molecular complexity index is 859. The van der Waals surface area contributed by atoms with E-state index in [4.69, 9.17) is 9.72 Å². The summed E-state index contributed by atoms with van der Waals surface area (Å²) in [4.78, 5) is 20.6. The number of aryl methyl sites for hydroxylation is 1. The van der Waals surface area contributed by atoms with Crippen LogP contribution in [0.25, 0.3) is 11.0 Å². The maximum absolute atomic E-state index is 13.9. The van der Waals surface area contributed by atoms with Crippen LogP contribution >= 0.6 is 24.8 Å². The number of para-hydroxylation sites is 2.